The first-order valence-electron chi connectivity index (χ1n) is 5.98. The van der Waals surface area contributed by atoms with Gasteiger partial charge in [0.25, 0.3) is 0 Å². The number of esters is 1. The molecule has 0 saturated heterocycles. The van der Waals surface area contributed by atoms with Gasteiger partial charge in [0.1, 0.15) is 0 Å². The van der Waals surface area contributed by atoms with E-state index in [2.05, 4.69) is 0 Å². The third kappa shape index (κ3) is 4.57. The smallest absolute Gasteiger partial charge is 0.310 e. The van der Waals surface area contributed by atoms with E-state index in [0.29, 0.717) is 13.0 Å². The van der Waals surface area contributed by atoms with E-state index >= 15 is 0 Å². The standard InChI is InChI=1S/C14H18O4/c1-3-18-14(17)9-11-4-5-12(10(2)8-11)6-7-13(15)16/h4-5,8H,3,6-7,9H2,1-2H3,(H,15,16). The minimum atomic E-state index is -0.801. The lowest BCUT2D eigenvalue weighted by atomic mass is 10.00. The van der Waals surface area contributed by atoms with Crippen LogP contribution in [0.1, 0.15) is 30.0 Å². The molecular weight excluding hydrogens is 232 g/mol. The van der Waals surface area contributed by atoms with Crippen molar-refractivity contribution in [1.82, 2.24) is 0 Å². The van der Waals surface area contributed by atoms with Crippen molar-refractivity contribution in [1.29, 1.82) is 0 Å². The number of benzene rings is 1. The number of ether oxygens (including phenoxy) is 1. The maximum atomic E-state index is 11.3. The molecule has 1 aromatic carbocycles. The summed E-state index contributed by atoms with van der Waals surface area (Å²) in [4.78, 5) is 21.8. The molecule has 1 aromatic rings. The number of hydrogen-bond acceptors (Lipinski definition) is 3. The van der Waals surface area contributed by atoms with Gasteiger partial charge in [-0.25, -0.2) is 0 Å². The van der Waals surface area contributed by atoms with Crippen molar-refractivity contribution >= 4 is 11.9 Å². The van der Waals surface area contributed by atoms with Gasteiger partial charge in [-0.2, -0.15) is 0 Å². The van der Waals surface area contributed by atoms with Crippen LogP contribution in [0.25, 0.3) is 0 Å². The predicted molar refractivity (Wildman–Crippen MR) is 67.5 cm³/mol. The number of carboxylic acids is 1. The quantitative estimate of drug-likeness (QED) is 0.785. The summed E-state index contributed by atoms with van der Waals surface area (Å²) < 4.78 is 4.88. The molecule has 0 unspecified atom stereocenters. The summed E-state index contributed by atoms with van der Waals surface area (Å²) >= 11 is 0. The van der Waals surface area contributed by atoms with E-state index in [-0.39, 0.29) is 18.8 Å². The lowest BCUT2D eigenvalue weighted by Crippen LogP contribution is -2.08. The van der Waals surface area contributed by atoms with Crippen molar-refractivity contribution in [2.75, 3.05) is 6.61 Å². The summed E-state index contributed by atoms with van der Waals surface area (Å²) in [6.45, 7) is 4.08. The second kappa shape index (κ2) is 6.79. The average molecular weight is 250 g/mol. The largest absolute Gasteiger partial charge is 0.481 e. The number of carboxylic acid groups (broad SMARTS) is 1. The Morgan fingerprint density at radius 1 is 1.33 bits per heavy atom. The molecule has 0 aliphatic carbocycles. The van der Waals surface area contributed by atoms with Gasteiger partial charge in [-0.15, -0.1) is 0 Å². The number of aliphatic carboxylic acids is 1. The Morgan fingerprint density at radius 3 is 2.61 bits per heavy atom. The Kier molecular flexibility index (Phi) is 5.36. The molecule has 0 bridgehead atoms. The highest BCUT2D eigenvalue weighted by atomic mass is 16.5. The number of rotatable bonds is 6. The van der Waals surface area contributed by atoms with Gasteiger partial charge in [0.2, 0.25) is 0 Å². The summed E-state index contributed by atoms with van der Waals surface area (Å²) in [5.74, 6) is -1.04. The Morgan fingerprint density at radius 2 is 2.06 bits per heavy atom. The fraction of sp³-hybridized carbons (Fsp3) is 0.429. The van der Waals surface area contributed by atoms with Crippen molar-refractivity contribution in [3.63, 3.8) is 0 Å². The Labute approximate surface area is 107 Å². The zero-order chi connectivity index (χ0) is 13.5. The molecule has 0 aliphatic heterocycles. The molecule has 0 amide bonds. The molecule has 98 valence electrons. The topological polar surface area (TPSA) is 63.6 Å². The van der Waals surface area contributed by atoms with Crippen LogP contribution in [0.4, 0.5) is 0 Å². The molecule has 0 aromatic heterocycles. The SMILES string of the molecule is CCOC(=O)Cc1ccc(CCC(=O)O)c(C)c1. The van der Waals surface area contributed by atoms with Crippen molar-refractivity contribution in [2.45, 2.75) is 33.1 Å². The van der Waals surface area contributed by atoms with Gasteiger partial charge in [-0.3, -0.25) is 9.59 Å². The van der Waals surface area contributed by atoms with E-state index in [1.807, 2.05) is 25.1 Å². The molecule has 0 radical (unpaired) electrons. The van der Waals surface area contributed by atoms with Crippen molar-refractivity contribution in [3.8, 4) is 0 Å². The van der Waals surface area contributed by atoms with Gasteiger partial charge in [0.15, 0.2) is 0 Å². The van der Waals surface area contributed by atoms with E-state index in [0.717, 1.165) is 16.7 Å². The van der Waals surface area contributed by atoms with Gasteiger partial charge in [0.05, 0.1) is 13.0 Å². The fourth-order valence-corrected chi connectivity index (χ4v) is 1.77. The normalized spacial score (nSPS) is 10.1. The summed E-state index contributed by atoms with van der Waals surface area (Å²) in [6.07, 6.45) is 0.896. The third-order valence-corrected chi connectivity index (χ3v) is 2.67. The van der Waals surface area contributed by atoms with Gasteiger partial charge in [-0.1, -0.05) is 18.2 Å². The summed E-state index contributed by atoms with van der Waals surface area (Å²) in [7, 11) is 0. The van der Waals surface area contributed by atoms with Gasteiger partial charge in [0, 0.05) is 6.42 Å². The van der Waals surface area contributed by atoms with E-state index in [1.165, 1.54) is 0 Å². The lowest BCUT2D eigenvalue weighted by molar-refractivity contribution is -0.142. The minimum Gasteiger partial charge on any atom is -0.481 e. The highest BCUT2D eigenvalue weighted by molar-refractivity contribution is 5.72. The molecule has 4 heteroatoms. The van der Waals surface area contributed by atoms with E-state index in [4.69, 9.17) is 9.84 Å². The molecule has 0 heterocycles. The molecular formula is C14H18O4. The lowest BCUT2D eigenvalue weighted by Gasteiger charge is -2.07. The maximum absolute atomic E-state index is 11.3. The zero-order valence-corrected chi connectivity index (χ0v) is 10.7. The monoisotopic (exact) mass is 250 g/mol. The van der Waals surface area contributed by atoms with Crippen LogP contribution in [0, 0.1) is 6.92 Å². The second-order valence-electron chi connectivity index (χ2n) is 4.14. The molecule has 1 rings (SSSR count). The molecule has 1 N–H and O–H groups in total. The van der Waals surface area contributed by atoms with Crippen LogP contribution in [-0.2, 0) is 27.2 Å². The van der Waals surface area contributed by atoms with E-state index < -0.39 is 5.97 Å². The van der Waals surface area contributed by atoms with Crippen LogP contribution < -0.4 is 0 Å². The first kappa shape index (κ1) is 14.2. The minimum absolute atomic E-state index is 0.123. The van der Waals surface area contributed by atoms with Crippen LogP contribution >= 0.6 is 0 Å². The molecule has 0 fully saturated rings. The highest BCUT2D eigenvalue weighted by Crippen LogP contribution is 2.14. The van der Waals surface area contributed by atoms with Gasteiger partial charge < -0.3 is 9.84 Å². The number of aryl methyl sites for hydroxylation is 2. The maximum Gasteiger partial charge on any atom is 0.310 e. The fourth-order valence-electron chi connectivity index (χ4n) is 1.77. The molecule has 4 nitrogen and oxygen atoms in total. The first-order valence-corrected chi connectivity index (χ1v) is 5.98. The van der Waals surface area contributed by atoms with Crippen molar-refractivity contribution in [2.24, 2.45) is 0 Å². The van der Waals surface area contributed by atoms with E-state index in [1.54, 1.807) is 6.92 Å². The van der Waals surface area contributed by atoms with Crippen LogP contribution in [0.2, 0.25) is 0 Å². The van der Waals surface area contributed by atoms with Crippen molar-refractivity contribution < 1.29 is 19.4 Å². The van der Waals surface area contributed by atoms with Crippen LogP contribution in [0.15, 0.2) is 18.2 Å². The molecule has 18 heavy (non-hydrogen) atoms. The summed E-state index contributed by atoms with van der Waals surface area (Å²) in [5.41, 5.74) is 2.91. The number of hydrogen-bond donors (Lipinski definition) is 1. The Balaban J connectivity index is 2.67. The van der Waals surface area contributed by atoms with E-state index in [9.17, 15) is 9.59 Å². The molecule has 0 spiro atoms. The summed E-state index contributed by atoms with van der Waals surface area (Å²) in [6, 6.07) is 5.64. The van der Waals surface area contributed by atoms with Crippen LogP contribution in [0.5, 0.6) is 0 Å². The van der Waals surface area contributed by atoms with Crippen molar-refractivity contribution in [3.05, 3.63) is 34.9 Å². The van der Waals surface area contributed by atoms with Crippen LogP contribution in [0.3, 0.4) is 0 Å². The molecule has 0 aliphatic rings. The molecule has 0 atom stereocenters. The third-order valence-electron chi connectivity index (χ3n) is 2.67. The Bertz CT molecular complexity index is 437. The number of carbonyl (C=O) groups excluding carboxylic acids is 1. The van der Waals surface area contributed by atoms with Gasteiger partial charge in [-0.05, 0) is 37.0 Å². The van der Waals surface area contributed by atoms with Gasteiger partial charge >= 0.3 is 11.9 Å². The average Bonchev–Trinajstić information content (AvgIpc) is 2.28. The molecule has 0 saturated carbocycles. The second-order valence-corrected chi connectivity index (χ2v) is 4.14. The predicted octanol–water partition coefficient (Wildman–Crippen LogP) is 2.12. The zero-order valence-electron chi connectivity index (χ0n) is 10.7. The number of carbonyl (C=O) groups is 2. The van der Waals surface area contributed by atoms with Crippen LogP contribution in [-0.4, -0.2) is 23.7 Å². The Hall–Kier alpha value is -1.84. The summed E-state index contributed by atoms with van der Waals surface area (Å²) in [5, 5.41) is 8.64. The highest BCUT2D eigenvalue weighted by Gasteiger charge is 2.07. The first-order chi connectivity index (χ1) is 8.52.